The first kappa shape index (κ1) is 19.7. The van der Waals surface area contributed by atoms with Crippen LogP contribution in [0, 0.1) is 5.92 Å². The van der Waals surface area contributed by atoms with Gasteiger partial charge in [0.25, 0.3) is 0 Å². The van der Waals surface area contributed by atoms with E-state index < -0.39 is 0 Å². The Bertz CT molecular complexity index is 478. The normalized spacial score (nSPS) is 25.8. The van der Waals surface area contributed by atoms with Crippen LogP contribution < -0.4 is 5.32 Å². The first-order valence-corrected chi connectivity index (χ1v) is 9.58. The van der Waals surface area contributed by atoms with Crippen LogP contribution in [0.25, 0.3) is 0 Å². The van der Waals surface area contributed by atoms with Crippen LogP contribution in [0.4, 0.5) is 0 Å². The first-order chi connectivity index (χ1) is 12.2. The van der Waals surface area contributed by atoms with Crippen LogP contribution in [0.1, 0.15) is 51.4 Å². The highest BCUT2D eigenvalue weighted by atomic mass is 16.5. The number of hydrogen-bond acceptors (Lipinski definition) is 3. The number of hydrogen-bond donors (Lipinski definition) is 1. The first-order valence-electron chi connectivity index (χ1n) is 9.58. The number of nitrogens with zero attached hydrogens (tertiary/aromatic N) is 1. The zero-order valence-corrected chi connectivity index (χ0v) is 15.3. The summed E-state index contributed by atoms with van der Waals surface area (Å²) in [5, 5.41) is 3.09. The van der Waals surface area contributed by atoms with E-state index in [0.717, 1.165) is 44.9 Å². The van der Waals surface area contributed by atoms with Crippen LogP contribution in [-0.2, 0) is 14.3 Å². The Morgan fingerprint density at radius 2 is 2.04 bits per heavy atom. The van der Waals surface area contributed by atoms with Crippen molar-refractivity contribution < 1.29 is 14.3 Å². The van der Waals surface area contributed by atoms with E-state index in [1.807, 2.05) is 11.0 Å². The summed E-state index contributed by atoms with van der Waals surface area (Å²) in [5.41, 5.74) is 0. The number of carbonyl (C=O) groups excluding carboxylic acids is 2. The molecule has 0 radical (unpaired) electrons. The lowest BCUT2D eigenvalue weighted by molar-refractivity contribution is -0.140. The van der Waals surface area contributed by atoms with Crippen LogP contribution in [0.3, 0.4) is 0 Å². The quantitative estimate of drug-likeness (QED) is 0.488. The SMILES string of the molecule is C=CCOCCCCC(=O)N1CCCCCC1C(=O)NC1C[C@H]1C=C. The van der Waals surface area contributed by atoms with Crippen LogP contribution in [0.2, 0.25) is 0 Å². The summed E-state index contributed by atoms with van der Waals surface area (Å²) >= 11 is 0. The number of unbranched alkanes of at least 4 members (excludes halogenated alkanes) is 1. The van der Waals surface area contributed by atoms with Gasteiger partial charge in [-0.1, -0.05) is 25.0 Å². The molecule has 1 saturated heterocycles. The number of likely N-dealkylation sites (tertiary alicyclic amines) is 1. The van der Waals surface area contributed by atoms with Gasteiger partial charge in [0.2, 0.25) is 11.8 Å². The van der Waals surface area contributed by atoms with E-state index in [2.05, 4.69) is 18.5 Å². The number of carbonyl (C=O) groups is 2. The second kappa shape index (κ2) is 10.4. The van der Waals surface area contributed by atoms with Crippen molar-refractivity contribution in [1.29, 1.82) is 0 Å². The lowest BCUT2D eigenvalue weighted by atomic mass is 10.1. The van der Waals surface area contributed by atoms with Gasteiger partial charge >= 0.3 is 0 Å². The van der Waals surface area contributed by atoms with Crippen molar-refractivity contribution in [3.8, 4) is 0 Å². The van der Waals surface area contributed by atoms with Crippen molar-refractivity contribution in [1.82, 2.24) is 10.2 Å². The summed E-state index contributed by atoms with van der Waals surface area (Å²) in [7, 11) is 0. The lowest BCUT2D eigenvalue weighted by Crippen LogP contribution is -2.50. The smallest absolute Gasteiger partial charge is 0.243 e. The van der Waals surface area contributed by atoms with Gasteiger partial charge in [0.1, 0.15) is 6.04 Å². The second-order valence-electron chi connectivity index (χ2n) is 7.02. The van der Waals surface area contributed by atoms with Gasteiger partial charge in [0.15, 0.2) is 0 Å². The Balaban J connectivity index is 1.81. The molecule has 2 unspecified atom stereocenters. The van der Waals surface area contributed by atoms with E-state index >= 15 is 0 Å². The van der Waals surface area contributed by atoms with Gasteiger partial charge in [-0.25, -0.2) is 0 Å². The summed E-state index contributed by atoms with van der Waals surface area (Å²) in [4.78, 5) is 27.1. The molecule has 5 nitrogen and oxygen atoms in total. The Morgan fingerprint density at radius 1 is 1.20 bits per heavy atom. The molecule has 5 heteroatoms. The standard InChI is InChI=1S/C20H32N2O3/c1-3-13-25-14-9-7-11-19(23)22-12-8-5-6-10-18(22)20(24)21-17-15-16(17)4-2/h3-4,16-18H,1-2,5-15H2,(H,21,24)/t16-,17?,18?/m1/s1. The molecule has 2 rings (SSSR count). The Labute approximate surface area is 151 Å². The van der Waals surface area contributed by atoms with Crippen molar-refractivity contribution in [3.63, 3.8) is 0 Å². The zero-order chi connectivity index (χ0) is 18.1. The summed E-state index contributed by atoms with van der Waals surface area (Å²) in [6.07, 6.45) is 10.6. The summed E-state index contributed by atoms with van der Waals surface area (Å²) in [5.74, 6) is 0.509. The number of amides is 2. The predicted molar refractivity (Wildman–Crippen MR) is 99.1 cm³/mol. The van der Waals surface area contributed by atoms with E-state index in [1.165, 1.54) is 0 Å². The molecule has 2 fully saturated rings. The fraction of sp³-hybridized carbons (Fsp3) is 0.700. The van der Waals surface area contributed by atoms with Crippen molar-refractivity contribution in [2.24, 2.45) is 5.92 Å². The van der Waals surface area contributed by atoms with E-state index in [4.69, 9.17) is 4.74 Å². The molecule has 2 aliphatic rings. The molecule has 0 aromatic rings. The Hall–Kier alpha value is -1.62. The summed E-state index contributed by atoms with van der Waals surface area (Å²) < 4.78 is 5.35. The largest absolute Gasteiger partial charge is 0.377 e. The van der Waals surface area contributed by atoms with E-state index in [1.54, 1.807) is 6.08 Å². The molecular formula is C20H32N2O3. The van der Waals surface area contributed by atoms with Gasteiger partial charge in [-0.05, 0) is 38.0 Å². The lowest BCUT2D eigenvalue weighted by Gasteiger charge is -2.29. The molecule has 1 aliphatic carbocycles. The predicted octanol–water partition coefficient (Wildman–Crippen LogP) is 2.82. The highest BCUT2D eigenvalue weighted by Crippen LogP contribution is 2.31. The van der Waals surface area contributed by atoms with Crippen molar-refractivity contribution in [3.05, 3.63) is 25.3 Å². The third-order valence-corrected chi connectivity index (χ3v) is 5.01. The Kier molecular flexibility index (Phi) is 8.19. The molecule has 3 atom stereocenters. The summed E-state index contributed by atoms with van der Waals surface area (Å²) in [6, 6.07) is -0.0923. The van der Waals surface area contributed by atoms with Crippen LogP contribution in [-0.4, -0.2) is 48.6 Å². The monoisotopic (exact) mass is 348 g/mol. The van der Waals surface area contributed by atoms with Crippen LogP contribution in [0.5, 0.6) is 0 Å². The van der Waals surface area contributed by atoms with Crippen molar-refractivity contribution in [2.45, 2.75) is 63.5 Å². The molecule has 0 aromatic heterocycles. The molecule has 25 heavy (non-hydrogen) atoms. The van der Waals surface area contributed by atoms with Crippen molar-refractivity contribution in [2.75, 3.05) is 19.8 Å². The minimum atomic E-state index is -0.307. The molecule has 0 spiro atoms. The van der Waals surface area contributed by atoms with Gasteiger partial charge in [0, 0.05) is 25.6 Å². The van der Waals surface area contributed by atoms with E-state index in [9.17, 15) is 9.59 Å². The number of nitrogens with one attached hydrogen (secondary N) is 1. The van der Waals surface area contributed by atoms with Crippen molar-refractivity contribution >= 4 is 11.8 Å². The van der Waals surface area contributed by atoms with E-state index in [-0.39, 0.29) is 23.9 Å². The van der Waals surface area contributed by atoms with E-state index in [0.29, 0.717) is 32.1 Å². The molecular weight excluding hydrogens is 316 g/mol. The Morgan fingerprint density at radius 3 is 2.76 bits per heavy atom. The third-order valence-electron chi connectivity index (χ3n) is 5.01. The maximum absolute atomic E-state index is 12.7. The summed E-state index contributed by atoms with van der Waals surface area (Å²) in [6.45, 7) is 9.28. The molecule has 0 aromatic carbocycles. The average molecular weight is 348 g/mol. The fourth-order valence-corrected chi connectivity index (χ4v) is 3.39. The molecule has 0 bridgehead atoms. The zero-order valence-electron chi connectivity index (χ0n) is 15.3. The number of ether oxygens (including phenoxy) is 1. The van der Waals surface area contributed by atoms with Gasteiger partial charge in [-0.2, -0.15) is 0 Å². The van der Waals surface area contributed by atoms with Gasteiger partial charge in [-0.15, -0.1) is 13.2 Å². The van der Waals surface area contributed by atoms with Crippen LogP contribution in [0.15, 0.2) is 25.3 Å². The second-order valence-corrected chi connectivity index (χ2v) is 7.02. The molecule has 140 valence electrons. The molecule has 1 heterocycles. The molecule has 1 aliphatic heterocycles. The minimum Gasteiger partial charge on any atom is -0.377 e. The molecule has 1 saturated carbocycles. The van der Waals surface area contributed by atoms with Gasteiger partial charge in [-0.3, -0.25) is 9.59 Å². The minimum absolute atomic E-state index is 0.0129. The highest BCUT2D eigenvalue weighted by molar-refractivity contribution is 5.88. The van der Waals surface area contributed by atoms with Gasteiger partial charge < -0.3 is 15.0 Å². The third kappa shape index (κ3) is 6.31. The molecule has 2 amide bonds. The maximum atomic E-state index is 12.7. The van der Waals surface area contributed by atoms with Gasteiger partial charge in [0.05, 0.1) is 6.61 Å². The topological polar surface area (TPSA) is 58.6 Å². The van der Waals surface area contributed by atoms with Crippen LogP contribution >= 0.6 is 0 Å². The average Bonchev–Trinajstić information content (AvgIpc) is 3.39. The fourth-order valence-electron chi connectivity index (χ4n) is 3.39. The number of rotatable bonds is 10. The molecule has 1 N–H and O–H groups in total. The maximum Gasteiger partial charge on any atom is 0.243 e. The highest BCUT2D eigenvalue weighted by Gasteiger charge is 2.39.